The van der Waals surface area contributed by atoms with E-state index in [2.05, 4.69) is 20.4 Å². The lowest BCUT2D eigenvalue weighted by atomic mass is 10.2. The summed E-state index contributed by atoms with van der Waals surface area (Å²) in [4.78, 5) is 20.1. The first-order chi connectivity index (χ1) is 10.6. The van der Waals surface area contributed by atoms with Crippen LogP contribution in [-0.4, -0.2) is 25.7 Å². The maximum atomic E-state index is 12.3. The van der Waals surface area contributed by atoms with Crippen LogP contribution >= 0.6 is 23.2 Å². The number of nitrogens with zero attached hydrogens (tertiary/aromatic N) is 4. The Bertz CT molecular complexity index is 820. The summed E-state index contributed by atoms with van der Waals surface area (Å²) >= 11 is 11.9. The van der Waals surface area contributed by atoms with Crippen molar-refractivity contribution in [3.8, 4) is 5.69 Å². The molecule has 2 heterocycles. The lowest BCUT2D eigenvalue weighted by molar-refractivity contribution is 0.102. The number of benzene rings is 1. The Morgan fingerprint density at radius 1 is 1.23 bits per heavy atom. The fraction of sp³-hybridized carbons (Fsp3) is 0. The number of amides is 1. The molecule has 110 valence electrons. The Hall–Kier alpha value is -2.44. The molecule has 0 saturated heterocycles. The predicted molar refractivity (Wildman–Crippen MR) is 83.6 cm³/mol. The van der Waals surface area contributed by atoms with Gasteiger partial charge in [-0.15, -0.1) is 0 Å². The lowest BCUT2D eigenvalue weighted by Crippen LogP contribution is -2.15. The summed E-state index contributed by atoms with van der Waals surface area (Å²) in [6.45, 7) is 0. The first kappa shape index (κ1) is 14.5. The van der Waals surface area contributed by atoms with Crippen LogP contribution in [0.3, 0.4) is 0 Å². The molecule has 1 amide bonds. The van der Waals surface area contributed by atoms with Crippen LogP contribution < -0.4 is 5.32 Å². The summed E-state index contributed by atoms with van der Waals surface area (Å²) in [7, 11) is 0. The molecule has 0 fully saturated rings. The molecular formula is C14H9Cl2N5O. The monoisotopic (exact) mass is 333 g/mol. The second kappa shape index (κ2) is 6.13. The van der Waals surface area contributed by atoms with Gasteiger partial charge >= 0.3 is 0 Å². The average molecular weight is 334 g/mol. The van der Waals surface area contributed by atoms with Crippen molar-refractivity contribution >= 4 is 34.8 Å². The molecule has 0 saturated carbocycles. The van der Waals surface area contributed by atoms with Gasteiger partial charge < -0.3 is 5.32 Å². The number of pyridine rings is 1. The van der Waals surface area contributed by atoms with E-state index in [1.165, 1.54) is 23.5 Å². The van der Waals surface area contributed by atoms with Crippen LogP contribution in [0.4, 0.5) is 5.69 Å². The third-order valence-corrected chi connectivity index (χ3v) is 3.41. The zero-order valence-corrected chi connectivity index (χ0v) is 12.6. The summed E-state index contributed by atoms with van der Waals surface area (Å²) in [5.41, 5.74) is 1.40. The number of carbonyl (C=O) groups is 1. The zero-order chi connectivity index (χ0) is 15.5. The molecule has 0 unspecified atom stereocenters. The summed E-state index contributed by atoms with van der Waals surface area (Å²) in [6, 6.07) is 8.28. The largest absolute Gasteiger partial charge is 0.320 e. The number of hydrogen-bond donors (Lipinski definition) is 1. The van der Waals surface area contributed by atoms with E-state index >= 15 is 0 Å². The van der Waals surface area contributed by atoms with Crippen LogP contribution in [0, 0.1) is 0 Å². The fourth-order valence-corrected chi connectivity index (χ4v) is 2.26. The molecule has 0 aliphatic rings. The standard InChI is InChI=1S/C14H9Cl2N5O/c15-9-3-4-12(21-8-17-7-19-21)11(6-9)20-14(22)10-2-1-5-18-13(10)16/h1-8H,(H,20,22). The number of hydrogen-bond acceptors (Lipinski definition) is 4. The molecule has 2 aromatic heterocycles. The minimum Gasteiger partial charge on any atom is -0.320 e. The van der Waals surface area contributed by atoms with E-state index in [1.54, 1.807) is 30.3 Å². The molecule has 0 aliphatic heterocycles. The quantitative estimate of drug-likeness (QED) is 0.747. The number of anilines is 1. The molecule has 8 heteroatoms. The fourth-order valence-electron chi connectivity index (χ4n) is 1.89. The van der Waals surface area contributed by atoms with Crippen molar-refractivity contribution in [3.05, 3.63) is 64.9 Å². The molecule has 3 aromatic rings. The van der Waals surface area contributed by atoms with E-state index in [9.17, 15) is 4.79 Å². The highest BCUT2D eigenvalue weighted by molar-refractivity contribution is 6.33. The first-order valence-corrected chi connectivity index (χ1v) is 6.97. The average Bonchev–Trinajstić information content (AvgIpc) is 3.02. The third kappa shape index (κ3) is 2.93. The van der Waals surface area contributed by atoms with E-state index in [0.717, 1.165) is 0 Å². The van der Waals surface area contributed by atoms with Gasteiger partial charge in [-0.25, -0.2) is 14.6 Å². The van der Waals surface area contributed by atoms with Gasteiger partial charge in [-0.2, -0.15) is 5.10 Å². The van der Waals surface area contributed by atoms with Crippen molar-refractivity contribution in [2.75, 3.05) is 5.32 Å². The summed E-state index contributed by atoms with van der Waals surface area (Å²) in [6.07, 6.45) is 4.44. The summed E-state index contributed by atoms with van der Waals surface area (Å²) in [5, 5.41) is 7.42. The number of carbonyl (C=O) groups excluding carboxylic acids is 1. The molecule has 0 spiro atoms. The molecular weight excluding hydrogens is 325 g/mol. The molecule has 0 radical (unpaired) electrons. The predicted octanol–water partition coefficient (Wildman–Crippen LogP) is 3.22. The molecule has 1 aromatic carbocycles. The van der Waals surface area contributed by atoms with Crippen LogP contribution in [0.15, 0.2) is 49.2 Å². The van der Waals surface area contributed by atoms with Gasteiger partial charge in [0.05, 0.1) is 16.9 Å². The van der Waals surface area contributed by atoms with E-state index < -0.39 is 0 Å². The number of halogens is 2. The molecule has 0 aliphatic carbocycles. The first-order valence-electron chi connectivity index (χ1n) is 6.21. The van der Waals surface area contributed by atoms with Crippen LogP contribution in [-0.2, 0) is 0 Å². The van der Waals surface area contributed by atoms with Crippen molar-refractivity contribution in [1.29, 1.82) is 0 Å². The highest BCUT2D eigenvalue weighted by atomic mass is 35.5. The van der Waals surface area contributed by atoms with Crippen molar-refractivity contribution in [3.63, 3.8) is 0 Å². The highest BCUT2D eigenvalue weighted by Crippen LogP contribution is 2.25. The maximum Gasteiger partial charge on any atom is 0.258 e. The SMILES string of the molecule is O=C(Nc1cc(Cl)ccc1-n1cncn1)c1cccnc1Cl. The van der Waals surface area contributed by atoms with Gasteiger partial charge in [-0.05, 0) is 30.3 Å². The number of aromatic nitrogens is 4. The lowest BCUT2D eigenvalue weighted by Gasteiger charge is -2.11. The number of nitrogens with one attached hydrogen (secondary N) is 1. The molecule has 6 nitrogen and oxygen atoms in total. The zero-order valence-electron chi connectivity index (χ0n) is 11.1. The van der Waals surface area contributed by atoms with Gasteiger partial charge in [-0.1, -0.05) is 23.2 Å². The second-order valence-corrected chi connectivity index (χ2v) is 5.09. The van der Waals surface area contributed by atoms with Gasteiger partial charge in [0.25, 0.3) is 5.91 Å². The molecule has 0 atom stereocenters. The van der Waals surface area contributed by atoms with Gasteiger partial charge in [0.2, 0.25) is 0 Å². The minimum atomic E-state index is -0.387. The normalized spacial score (nSPS) is 10.5. The van der Waals surface area contributed by atoms with Crippen molar-refractivity contribution in [2.45, 2.75) is 0 Å². The smallest absolute Gasteiger partial charge is 0.258 e. The van der Waals surface area contributed by atoms with Gasteiger partial charge in [0.15, 0.2) is 0 Å². The van der Waals surface area contributed by atoms with E-state index in [-0.39, 0.29) is 16.6 Å². The highest BCUT2D eigenvalue weighted by Gasteiger charge is 2.14. The van der Waals surface area contributed by atoms with E-state index in [4.69, 9.17) is 23.2 Å². The molecule has 0 bridgehead atoms. The topological polar surface area (TPSA) is 72.7 Å². The Balaban J connectivity index is 1.97. The van der Waals surface area contributed by atoms with Crippen LogP contribution in [0.25, 0.3) is 5.69 Å². The Morgan fingerprint density at radius 2 is 2.09 bits per heavy atom. The van der Waals surface area contributed by atoms with Gasteiger partial charge in [-0.3, -0.25) is 4.79 Å². The summed E-state index contributed by atoms with van der Waals surface area (Å²) < 4.78 is 1.52. The Kier molecular flexibility index (Phi) is 4.04. The molecule has 22 heavy (non-hydrogen) atoms. The Labute approximate surface area is 135 Å². The van der Waals surface area contributed by atoms with E-state index in [1.807, 2.05) is 0 Å². The molecule has 3 rings (SSSR count). The van der Waals surface area contributed by atoms with Gasteiger partial charge in [0.1, 0.15) is 17.8 Å². The molecule has 1 N–H and O–H groups in total. The Morgan fingerprint density at radius 3 is 2.82 bits per heavy atom. The van der Waals surface area contributed by atoms with Crippen LogP contribution in [0.1, 0.15) is 10.4 Å². The third-order valence-electron chi connectivity index (χ3n) is 2.88. The summed E-state index contributed by atoms with van der Waals surface area (Å²) in [5.74, 6) is -0.387. The van der Waals surface area contributed by atoms with Crippen molar-refractivity contribution < 1.29 is 4.79 Å². The maximum absolute atomic E-state index is 12.3. The van der Waals surface area contributed by atoms with E-state index in [0.29, 0.717) is 16.4 Å². The van der Waals surface area contributed by atoms with Gasteiger partial charge in [0, 0.05) is 11.2 Å². The number of rotatable bonds is 3. The second-order valence-electron chi connectivity index (χ2n) is 4.30. The van der Waals surface area contributed by atoms with Crippen molar-refractivity contribution in [2.24, 2.45) is 0 Å². The minimum absolute atomic E-state index is 0.129. The van der Waals surface area contributed by atoms with Crippen LogP contribution in [0.5, 0.6) is 0 Å². The van der Waals surface area contributed by atoms with Crippen molar-refractivity contribution in [1.82, 2.24) is 19.7 Å². The van der Waals surface area contributed by atoms with Crippen LogP contribution in [0.2, 0.25) is 10.2 Å².